The third-order valence-electron chi connectivity index (χ3n) is 4.31. The molecular weight excluding hydrogens is 256 g/mol. The van der Waals surface area contributed by atoms with Crippen LogP contribution < -0.4 is 10.6 Å². The first-order valence-electron chi connectivity index (χ1n) is 7.62. The molecule has 0 unspecified atom stereocenters. The molecule has 1 saturated heterocycles. The lowest BCUT2D eigenvalue weighted by Crippen LogP contribution is -2.51. The highest BCUT2D eigenvalue weighted by Gasteiger charge is 2.38. The standard InChI is InChI=1S/C14H28N2O2Si/c1-19(2,3)10-9-18-14(17)16-12-7-6-11-5-4-8-15-13(11)12/h11-13,15H,4-10H2,1-3H3,(H,16,17)/t11-,12+,13+/m1/s1. The van der Waals surface area contributed by atoms with Crippen LogP contribution in [0, 0.1) is 5.92 Å². The van der Waals surface area contributed by atoms with Crippen LogP contribution in [0.15, 0.2) is 0 Å². The Bertz CT molecular complexity index is 317. The molecule has 0 radical (unpaired) electrons. The smallest absolute Gasteiger partial charge is 0.407 e. The van der Waals surface area contributed by atoms with Gasteiger partial charge in [-0.3, -0.25) is 0 Å². The maximum Gasteiger partial charge on any atom is 0.407 e. The molecule has 2 N–H and O–H groups in total. The summed E-state index contributed by atoms with van der Waals surface area (Å²) in [6.07, 6.45) is 4.68. The van der Waals surface area contributed by atoms with E-state index in [1.807, 2.05) is 0 Å². The highest BCUT2D eigenvalue weighted by atomic mass is 28.3. The maximum atomic E-state index is 11.8. The summed E-state index contributed by atoms with van der Waals surface area (Å²) in [4.78, 5) is 11.8. The minimum Gasteiger partial charge on any atom is -0.450 e. The molecule has 0 bridgehead atoms. The summed E-state index contributed by atoms with van der Waals surface area (Å²) in [5.74, 6) is 0.751. The summed E-state index contributed by atoms with van der Waals surface area (Å²) in [7, 11) is -1.11. The molecule has 2 rings (SSSR count). The molecule has 4 nitrogen and oxygen atoms in total. The topological polar surface area (TPSA) is 50.4 Å². The van der Waals surface area contributed by atoms with E-state index < -0.39 is 8.07 Å². The first-order chi connectivity index (χ1) is 8.96. The van der Waals surface area contributed by atoms with Crippen molar-refractivity contribution in [1.29, 1.82) is 0 Å². The Morgan fingerprint density at radius 1 is 1.32 bits per heavy atom. The number of alkyl carbamates (subject to hydrolysis) is 1. The highest BCUT2D eigenvalue weighted by molar-refractivity contribution is 6.76. The molecule has 1 saturated carbocycles. The van der Waals surface area contributed by atoms with Gasteiger partial charge in [0.2, 0.25) is 0 Å². The van der Waals surface area contributed by atoms with Crippen molar-refractivity contribution >= 4 is 14.2 Å². The summed E-state index contributed by atoms with van der Waals surface area (Å²) < 4.78 is 5.32. The van der Waals surface area contributed by atoms with Crippen molar-refractivity contribution in [2.75, 3.05) is 13.2 Å². The molecule has 1 amide bonds. The number of amides is 1. The van der Waals surface area contributed by atoms with Crippen molar-refractivity contribution in [3.8, 4) is 0 Å². The van der Waals surface area contributed by atoms with Gasteiger partial charge < -0.3 is 15.4 Å². The van der Waals surface area contributed by atoms with Gasteiger partial charge in [0.1, 0.15) is 0 Å². The van der Waals surface area contributed by atoms with Crippen molar-refractivity contribution in [3.63, 3.8) is 0 Å². The Morgan fingerprint density at radius 2 is 2.11 bits per heavy atom. The van der Waals surface area contributed by atoms with E-state index in [9.17, 15) is 4.79 Å². The lowest BCUT2D eigenvalue weighted by atomic mass is 9.93. The first-order valence-corrected chi connectivity index (χ1v) is 11.3. The molecular formula is C14H28N2O2Si. The van der Waals surface area contributed by atoms with E-state index in [0.29, 0.717) is 12.6 Å². The zero-order valence-corrected chi connectivity index (χ0v) is 13.5. The second kappa shape index (κ2) is 6.26. The molecule has 3 atom stereocenters. The van der Waals surface area contributed by atoms with Crippen LogP contribution in [0.5, 0.6) is 0 Å². The zero-order chi connectivity index (χ0) is 13.9. The highest BCUT2D eigenvalue weighted by Crippen LogP contribution is 2.32. The van der Waals surface area contributed by atoms with Gasteiger partial charge in [-0.15, -0.1) is 0 Å². The van der Waals surface area contributed by atoms with Gasteiger partial charge in [-0.25, -0.2) is 4.79 Å². The quantitative estimate of drug-likeness (QED) is 0.780. The Kier molecular flexibility index (Phi) is 4.90. The summed E-state index contributed by atoms with van der Waals surface area (Å²) in [6, 6.07) is 1.78. The van der Waals surface area contributed by atoms with Crippen LogP contribution in [-0.2, 0) is 4.74 Å². The lowest BCUT2D eigenvalue weighted by molar-refractivity contribution is 0.144. The van der Waals surface area contributed by atoms with Crippen LogP contribution in [0.2, 0.25) is 25.7 Å². The van der Waals surface area contributed by atoms with Crippen LogP contribution in [-0.4, -0.2) is 39.4 Å². The van der Waals surface area contributed by atoms with Crippen LogP contribution in [0.3, 0.4) is 0 Å². The molecule has 0 aromatic carbocycles. The normalized spacial score (nSPS) is 30.8. The number of carbonyl (C=O) groups is 1. The molecule has 2 aliphatic rings. The van der Waals surface area contributed by atoms with Crippen LogP contribution in [0.4, 0.5) is 4.79 Å². The van der Waals surface area contributed by atoms with Gasteiger partial charge in [0.25, 0.3) is 0 Å². The number of nitrogens with one attached hydrogen (secondary N) is 2. The van der Waals surface area contributed by atoms with Gasteiger partial charge in [-0.2, -0.15) is 0 Å². The predicted molar refractivity (Wildman–Crippen MR) is 80.2 cm³/mol. The number of hydrogen-bond donors (Lipinski definition) is 2. The number of carbonyl (C=O) groups excluding carboxylic acids is 1. The Balaban J connectivity index is 1.70. The minimum absolute atomic E-state index is 0.226. The van der Waals surface area contributed by atoms with Gasteiger partial charge in [-0.05, 0) is 44.2 Å². The van der Waals surface area contributed by atoms with E-state index in [-0.39, 0.29) is 12.1 Å². The number of ether oxygens (including phenoxy) is 1. The Morgan fingerprint density at radius 3 is 2.84 bits per heavy atom. The largest absolute Gasteiger partial charge is 0.450 e. The number of piperidine rings is 1. The average Bonchev–Trinajstić information content (AvgIpc) is 2.71. The monoisotopic (exact) mass is 284 g/mol. The van der Waals surface area contributed by atoms with Crippen molar-refractivity contribution in [2.45, 2.75) is 63.5 Å². The van der Waals surface area contributed by atoms with Gasteiger partial charge >= 0.3 is 6.09 Å². The first kappa shape index (κ1) is 14.8. The third-order valence-corrected chi connectivity index (χ3v) is 6.01. The lowest BCUT2D eigenvalue weighted by Gasteiger charge is -2.30. The molecule has 1 aliphatic heterocycles. The molecule has 0 aromatic heterocycles. The van der Waals surface area contributed by atoms with Crippen molar-refractivity contribution < 1.29 is 9.53 Å². The summed E-state index contributed by atoms with van der Waals surface area (Å²) >= 11 is 0. The SMILES string of the molecule is C[Si](C)(C)CCOC(=O)N[C@H]1CC[C@H]2CCCN[C@@H]21. The second-order valence-corrected chi connectivity index (χ2v) is 12.8. The van der Waals surface area contributed by atoms with E-state index >= 15 is 0 Å². The van der Waals surface area contributed by atoms with E-state index in [0.717, 1.165) is 24.9 Å². The van der Waals surface area contributed by atoms with Gasteiger partial charge in [0.05, 0.1) is 6.61 Å². The summed E-state index contributed by atoms with van der Waals surface area (Å²) in [5.41, 5.74) is 0. The number of hydrogen-bond acceptors (Lipinski definition) is 3. The maximum absolute atomic E-state index is 11.8. The summed E-state index contributed by atoms with van der Waals surface area (Å²) in [6.45, 7) is 8.53. The third kappa shape index (κ3) is 4.49. The van der Waals surface area contributed by atoms with Gasteiger partial charge in [0.15, 0.2) is 0 Å². The van der Waals surface area contributed by atoms with Crippen molar-refractivity contribution in [2.24, 2.45) is 5.92 Å². The van der Waals surface area contributed by atoms with Crippen LogP contribution in [0.1, 0.15) is 25.7 Å². The molecule has 0 spiro atoms. The molecule has 0 aromatic rings. The van der Waals surface area contributed by atoms with Crippen molar-refractivity contribution in [1.82, 2.24) is 10.6 Å². The van der Waals surface area contributed by atoms with Gasteiger partial charge in [-0.1, -0.05) is 19.6 Å². The molecule has 5 heteroatoms. The average molecular weight is 284 g/mol. The fourth-order valence-electron chi connectivity index (χ4n) is 3.15. The van der Waals surface area contributed by atoms with Gasteiger partial charge in [0, 0.05) is 20.2 Å². The zero-order valence-electron chi connectivity index (χ0n) is 12.5. The predicted octanol–water partition coefficient (Wildman–Crippen LogP) is 2.58. The van der Waals surface area contributed by atoms with E-state index in [1.165, 1.54) is 19.3 Å². The number of rotatable bonds is 4. The summed E-state index contributed by atoms with van der Waals surface area (Å²) in [5, 5.41) is 6.61. The van der Waals surface area contributed by atoms with Crippen LogP contribution in [0.25, 0.3) is 0 Å². The Hall–Kier alpha value is -0.553. The second-order valence-electron chi connectivity index (χ2n) is 7.16. The van der Waals surface area contributed by atoms with Crippen LogP contribution >= 0.6 is 0 Å². The van der Waals surface area contributed by atoms with E-state index in [2.05, 4.69) is 30.3 Å². The minimum atomic E-state index is -1.11. The number of fused-ring (bicyclic) bond motifs is 1. The fraction of sp³-hybridized carbons (Fsp3) is 0.929. The molecule has 19 heavy (non-hydrogen) atoms. The molecule has 2 fully saturated rings. The van der Waals surface area contributed by atoms with E-state index in [1.54, 1.807) is 0 Å². The molecule has 1 heterocycles. The Labute approximate surface area is 117 Å². The fourth-order valence-corrected chi connectivity index (χ4v) is 3.87. The van der Waals surface area contributed by atoms with Crippen molar-refractivity contribution in [3.05, 3.63) is 0 Å². The molecule has 110 valence electrons. The van der Waals surface area contributed by atoms with E-state index in [4.69, 9.17) is 4.74 Å². The molecule has 1 aliphatic carbocycles.